The number of benzene rings is 1. The Kier molecular flexibility index (Phi) is 6.42. The Morgan fingerprint density at radius 1 is 1.36 bits per heavy atom. The molecule has 1 aromatic carbocycles. The molecule has 1 aliphatic heterocycles. The second-order valence-corrected chi connectivity index (χ2v) is 8.22. The number of methoxy groups -OCH3 is 1. The van der Waals surface area contributed by atoms with Crippen LogP contribution in [0.4, 0.5) is 0 Å². The minimum absolute atomic E-state index is 0.00284. The van der Waals surface area contributed by atoms with Crippen LogP contribution in [0.25, 0.3) is 0 Å². The molecule has 7 nitrogen and oxygen atoms in total. The fraction of sp³-hybridized carbons (Fsp3) is 0.500. The van der Waals surface area contributed by atoms with E-state index >= 15 is 0 Å². The molecule has 2 rings (SSSR count). The van der Waals surface area contributed by atoms with Gasteiger partial charge >= 0.3 is 11.9 Å². The molecule has 1 fully saturated rings. The van der Waals surface area contributed by atoms with Gasteiger partial charge in [-0.1, -0.05) is 18.5 Å². The van der Waals surface area contributed by atoms with Crippen LogP contribution in [-0.2, 0) is 24.3 Å². The standard InChI is InChI=1S/C16H20ClNO6S/c1-11-4-3-7-18(9-11)25(21,22)14-8-12(5-6-13(14)17)16(20)24-10-15(19)23-2/h5-6,8,11H,3-4,7,9-10H2,1-2H3. The lowest BCUT2D eigenvalue weighted by Gasteiger charge is -2.30. The highest BCUT2D eigenvalue weighted by molar-refractivity contribution is 7.89. The summed E-state index contributed by atoms with van der Waals surface area (Å²) in [4.78, 5) is 22.9. The number of carbonyl (C=O) groups is 2. The smallest absolute Gasteiger partial charge is 0.344 e. The van der Waals surface area contributed by atoms with Gasteiger partial charge in [-0.25, -0.2) is 18.0 Å². The van der Waals surface area contributed by atoms with Crippen LogP contribution >= 0.6 is 11.6 Å². The summed E-state index contributed by atoms with van der Waals surface area (Å²) in [7, 11) is -2.65. The molecule has 0 saturated carbocycles. The largest absolute Gasteiger partial charge is 0.466 e. The SMILES string of the molecule is COC(=O)COC(=O)c1ccc(Cl)c(S(=O)(=O)N2CCCC(C)C2)c1. The Bertz CT molecular complexity index is 764. The van der Waals surface area contributed by atoms with Gasteiger partial charge in [-0.3, -0.25) is 0 Å². The van der Waals surface area contributed by atoms with Crippen LogP contribution in [0, 0.1) is 5.92 Å². The van der Waals surface area contributed by atoms with Gasteiger partial charge in [0.1, 0.15) is 4.90 Å². The number of hydrogen-bond acceptors (Lipinski definition) is 6. The Labute approximate surface area is 151 Å². The fourth-order valence-electron chi connectivity index (χ4n) is 2.60. The molecule has 1 saturated heterocycles. The van der Waals surface area contributed by atoms with E-state index in [2.05, 4.69) is 4.74 Å². The topological polar surface area (TPSA) is 90.0 Å². The van der Waals surface area contributed by atoms with Crippen molar-refractivity contribution in [2.75, 3.05) is 26.8 Å². The van der Waals surface area contributed by atoms with E-state index in [0.717, 1.165) is 12.8 Å². The lowest BCUT2D eigenvalue weighted by atomic mass is 10.0. The van der Waals surface area contributed by atoms with E-state index in [-0.39, 0.29) is 21.4 Å². The highest BCUT2D eigenvalue weighted by atomic mass is 35.5. The molecule has 1 heterocycles. The number of halogens is 1. The molecule has 9 heteroatoms. The molecule has 0 aliphatic carbocycles. The molecule has 1 aliphatic rings. The van der Waals surface area contributed by atoms with Crippen molar-refractivity contribution in [2.24, 2.45) is 5.92 Å². The Morgan fingerprint density at radius 3 is 2.72 bits per heavy atom. The van der Waals surface area contributed by atoms with Gasteiger partial charge in [0.2, 0.25) is 10.0 Å². The summed E-state index contributed by atoms with van der Waals surface area (Å²) < 4.78 is 36.3. The normalized spacial score (nSPS) is 18.6. The molecule has 0 radical (unpaired) electrons. The monoisotopic (exact) mass is 389 g/mol. The Hall–Kier alpha value is -1.64. The van der Waals surface area contributed by atoms with Crippen LogP contribution in [-0.4, -0.2) is 51.5 Å². The van der Waals surface area contributed by atoms with Crippen molar-refractivity contribution in [3.8, 4) is 0 Å². The third-order valence-corrected chi connectivity index (χ3v) is 6.30. The second-order valence-electron chi connectivity index (χ2n) is 5.91. The predicted octanol–water partition coefficient (Wildman–Crippen LogP) is 2.09. The molecule has 0 bridgehead atoms. The molecule has 1 unspecified atom stereocenters. The van der Waals surface area contributed by atoms with E-state index in [9.17, 15) is 18.0 Å². The van der Waals surface area contributed by atoms with Gasteiger partial charge < -0.3 is 9.47 Å². The van der Waals surface area contributed by atoms with Crippen molar-refractivity contribution >= 4 is 33.6 Å². The van der Waals surface area contributed by atoms with Crippen LogP contribution in [0.3, 0.4) is 0 Å². The number of carbonyl (C=O) groups excluding carboxylic acids is 2. The number of piperidine rings is 1. The summed E-state index contributed by atoms with van der Waals surface area (Å²) in [5, 5.41) is 0.0303. The summed E-state index contributed by atoms with van der Waals surface area (Å²) >= 11 is 6.06. The van der Waals surface area contributed by atoms with Gasteiger partial charge in [0.05, 0.1) is 17.7 Å². The summed E-state index contributed by atoms with van der Waals surface area (Å²) in [5.74, 6) is -1.28. The average molecular weight is 390 g/mol. The first-order chi connectivity index (χ1) is 11.8. The molecular weight excluding hydrogens is 370 g/mol. The number of sulfonamides is 1. The zero-order chi connectivity index (χ0) is 18.6. The van der Waals surface area contributed by atoms with E-state index < -0.39 is 28.6 Å². The first-order valence-corrected chi connectivity index (χ1v) is 9.61. The van der Waals surface area contributed by atoms with Crippen molar-refractivity contribution in [1.82, 2.24) is 4.31 Å². The Morgan fingerprint density at radius 2 is 2.08 bits per heavy atom. The van der Waals surface area contributed by atoms with Crippen LogP contribution in [0.2, 0.25) is 5.02 Å². The highest BCUT2D eigenvalue weighted by Gasteiger charge is 2.31. The van der Waals surface area contributed by atoms with Gasteiger partial charge in [0, 0.05) is 13.1 Å². The second kappa shape index (κ2) is 8.16. The molecular formula is C16H20ClNO6S. The van der Waals surface area contributed by atoms with Gasteiger partial charge in [-0.15, -0.1) is 0 Å². The molecule has 0 spiro atoms. The maximum atomic E-state index is 12.9. The van der Waals surface area contributed by atoms with Gasteiger partial charge in [-0.2, -0.15) is 4.31 Å². The maximum Gasteiger partial charge on any atom is 0.344 e. The lowest BCUT2D eigenvalue weighted by Crippen LogP contribution is -2.39. The van der Waals surface area contributed by atoms with Crippen LogP contribution in [0.15, 0.2) is 23.1 Å². The van der Waals surface area contributed by atoms with Gasteiger partial charge in [0.25, 0.3) is 0 Å². The van der Waals surface area contributed by atoms with Crippen molar-refractivity contribution in [2.45, 2.75) is 24.7 Å². The first kappa shape index (κ1) is 19.7. The highest BCUT2D eigenvalue weighted by Crippen LogP contribution is 2.29. The third-order valence-electron chi connectivity index (χ3n) is 3.95. The van der Waals surface area contributed by atoms with Crippen molar-refractivity contribution in [3.63, 3.8) is 0 Å². The molecule has 1 aromatic rings. The van der Waals surface area contributed by atoms with Crippen LogP contribution < -0.4 is 0 Å². The summed E-state index contributed by atoms with van der Waals surface area (Å²) in [5.41, 5.74) is -0.00284. The number of hydrogen-bond donors (Lipinski definition) is 0. The number of nitrogens with zero attached hydrogens (tertiary/aromatic N) is 1. The molecule has 0 amide bonds. The minimum Gasteiger partial charge on any atom is -0.466 e. The van der Waals surface area contributed by atoms with E-state index in [4.69, 9.17) is 16.3 Å². The first-order valence-electron chi connectivity index (χ1n) is 7.79. The Balaban J connectivity index is 2.26. The maximum absolute atomic E-state index is 12.9. The van der Waals surface area contributed by atoms with E-state index in [0.29, 0.717) is 13.1 Å². The zero-order valence-electron chi connectivity index (χ0n) is 14.0. The summed E-state index contributed by atoms with van der Waals surface area (Å²) in [6.45, 7) is 2.27. The number of ether oxygens (including phenoxy) is 2. The average Bonchev–Trinajstić information content (AvgIpc) is 2.59. The van der Waals surface area contributed by atoms with E-state index in [1.54, 1.807) is 0 Å². The molecule has 0 aromatic heterocycles. The number of rotatable bonds is 5. The van der Waals surface area contributed by atoms with Crippen molar-refractivity contribution in [1.29, 1.82) is 0 Å². The van der Waals surface area contributed by atoms with Crippen molar-refractivity contribution in [3.05, 3.63) is 28.8 Å². The lowest BCUT2D eigenvalue weighted by molar-refractivity contribution is -0.144. The zero-order valence-corrected chi connectivity index (χ0v) is 15.6. The van der Waals surface area contributed by atoms with Crippen molar-refractivity contribution < 1.29 is 27.5 Å². The van der Waals surface area contributed by atoms with E-state index in [1.165, 1.54) is 29.6 Å². The molecule has 25 heavy (non-hydrogen) atoms. The van der Waals surface area contributed by atoms with Crippen LogP contribution in [0.5, 0.6) is 0 Å². The summed E-state index contributed by atoms with van der Waals surface area (Å²) in [6.07, 6.45) is 1.75. The fourth-order valence-corrected chi connectivity index (χ4v) is 4.70. The summed E-state index contributed by atoms with van der Waals surface area (Å²) in [6, 6.07) is 3.85. The van der Waals surface area contributed by atoms with Crippen LogP contribution in [0.1, 0.15) is 30.1 Å². The molecule has 138 valence electrons. The third kappa shape index (κ3) is 4.71. The predicted molar refractivity (Wildman–Crippen MR) is 90.9 cm³/mol. The molecule has 1 atom stereocenters. The van der Waals surface area contributed by atoms with Gasteiger partial charge in [0.15, 0.2) is 6.61 Å². The number of esters is 2. The van der Waals surface area contributed by atoms with E-state index in [1.807, 2.05) is 6.92 Å². The van der Waals surface area contributed by atoms with Gasteiger partial charge in [-0.05, 0) is 37.0 Å². The molecule has 0 N–H and O–H groups in total. The minimum atomic E-state index is -3.82. The quantitative estimate of drug-likeness (QED) is 0.716.